The van der Waals surface area contributed by atoms with E-state index < -0.39 is 5.60 Å². The Labute approximate surface area is 129 Å². The first-order valence-corrected chi connectivity index (χ1v) is 8.96. The molecule has 1 N–H and O–H groups in total. The van der Waals surface area contributed by atoms with Crippen LogP contribution in [-0.2, 0) is 0 Å². The Balaban J connectivity index is 1.73. The minimum absolute atomic E-state index is 0.131. The molecule has 2 saturated carbocycles. The van der Waals surface area contributed by atoms with Crippen LogP contribution in [0, 0.1) is 34.5 Å². The zero-order chi connectivity index (χ0) is 14.9. The van der Waals surface area contributed by atoms with Crippen LogP contribution in [-0.4, -0.2) is 10.7 Å². The SMILES string of the molecule is C[C@]12CCC=CC1C=CC1C2CC[C@@]2(C)C1CC[C@]2(C)O. The van der Waals surface area contributed by atoms with E-state index in [0.29, 0.717) is 23.2 Å². The molecule has 0 aromatic carbocycles. The molecule has 0 saturated heterocycles. The molecule has 7 atom stereocenters. The highest BCUT2D eigenvalue weighted by Gasteiger charge is 2.61. The highest BCUT2D eigenvalue weighted by atomic mass is 16.3. The quantitative estimate of drug-likeness (QED) is 0.639. The van der Waals surface area contributed by atoms with Crippen LogP contribution in [0.1, 0.15) is 59.3 Å². The van der Waals surface area contributed by atoms with Gasteiger partial charge in [-0.1, -0.05) is 38.2 Å². The summed E-state index contributed by atoms with van der Waals surface area (Å²) in [6.07, 6.45) is 17.2. The van der Waals surface area contributed by atoms with Gasteiger partial charge in [-0.3, -0.25) is 0 Å². The molecule has 4 rings (SSSR count). The second-order valence-electron chi connectivity index (χ2n) is 8.94. The molecule has 21 heavy (non-hydrogen) atoms. The molecule has 0 bridgehead atoms. The van der Waals surface area contributed by atoms with Crippen molar-refractivity contribution in [3.05, 3.63) is 24.3 Å². The summed E-state index contributed by atoms with van der Waals surface area (Å²) >= 11 is 0. The van der Waals surface area contributed by atoms with Gasteiger partial charge in [-0.2, -0.15) is 0 Å². The number of hydrogen-bond acceptors (Lipinski definition) is 1. The number of fused-ring (bicyclic) bond motifs is 5. The van der Waals surface area contributed by atoms with E-state index in [1.54, 1.807) is 0 Å². The first-order chi connectivity index (χ1) is 9.88. The van der Waals surface area contributed by atoms with Gasteiger partial charge in [0.05, 0.1) is 5.60 Å². The number of hydrogen-bond donors (Lipinski definition) is 1. The summed E-state index contributed by atoms with van der Waals surface area (Å²) in [5, 5.41) is 10.9. The minimum atomic E-state index is -0.458. The molecule has 2 fully saturated rings. The summed E-state index contributed by atoms with van der Waals surface area (Å²) in [5.74, 6) is 2.86. The predicted molar refractivity (Wildman–Crippen MR) is 86.8 cm³/mol. The van der Waals surface area contributed by atoms with Crippen molar-refractivity contribution in [2.45, 2.75) is 64.9 Å². The second kappa shape index (κ2) is 4.25. The fourth-order valence-electron chi connectivity index (χ4n) is 6.47. The van der Waals surface area contributed by atoms with Crippen LogP contribution in [0.4, 0.5) is 0 Å². The third kappa shape index (κ3) is 1.67. The van der Waals surface area contributed by atoms with Crippen LogP contribution in [0.25, 0.3) is 0 Å². The molecule has 0 aliphatic heterocycles. The van der Waals surface area contributed by atoms with Crippen LogP contribution in [0.5, 0.6) is 0 Å². The number of rotatable bonds is 0. The summed E-state index contributed by atoms with van der Waals surface area (Å²) in [6.45, 7) is 7.00. The molecular formula is C20H30O. The lowest BCUT2D eigenvalue weighted by Crippen LogP contribution is -2.53. The molecule has 4 aliphatic carbocycles. The van der Waals surface area contributed by atoms with Crippen molar-refractivity contribution in [2.75, 3.05) is 0 Å². The predicted octanol–water partition coefficient (Wildman–Crippen LogP) is 4.72. The first kappa shape index (κ1) is 14.1. The molecule has 0 aromatic rings. The van der Waals surface area contributed by atoms with E-state index in [4.69, 9.17) is 0 Å². The van der Waals surface area contributed by atoms with Gasteiger partial charge in [0, 0.05) is 5.92 Å². The lowest BCUT2D eigenvalue weighted by molar-refractivity contribution is -0.111. The van der Waals surface area contributed by atoms with E-state index in [-0.39, 0.29) is 5.41 Å². The van der Waals surface area contributed by atoms with Gasteiger partial charge in [-0.05, 0) is 74.0 Å². The Morgan fingerprint density at radius 3 is 2.48 bits per heavy atom. The van der Waals surface area contributed by atoms with Gasteiger partial charge in [-0.15, -0.1) is 0 Å². The van der Waals surface area contributed by atoms with Crippen LogP contribution < -0.4 is 0 Å². The van der Waals surface area contributed by atoms with E-state index in [2.05, 4.69) is 45.1 Å². The molecule has 0 spiro atoms. The van der Waals surface area contributed by atoms with Crippen molar-refractivity contribution >= 4 is 0 Å². The zero-order valence-corrected chi connectivity index (χ0v) is 13.8. The van der Waals surface area contributed by atoms with E-state index in [1.807, 2.05) is 0 Å². The average Bonchev–Trinajstić information content (AvgIpc) is 2.69. The van der Waals surface area contributed by atoms with Gasteiger partial charge < -0.3 is 5.11 Å². The third-order valence-electron chi connectivity index (χ3n) is 8.24. The lowest BCUT2D eigenvalue weighted by atomic mass is 9.47. The molecule has 0 aromatic heterocycles. The molecule has 0 heterocycles. The van der Waals surface area contributed by atoms with Crippen molar-refractivity contribution in [3.63, 3.8) is 0 Å². The molecule has 1 heteroatoms. The zero-order valence-electron chi connectivity index (χ0n) is 13.8. The third-order valence-corrected chi connectivity index (χ3v) is 8.24. The lowest BCUT2D eigenvalue weighted by Gasteiger charge is -2.58. The van der Waals surface area contributed by atoms with E-state index >= 15 is 0 Å². The summed E-state index contributed by atoms with van der Waals surface area (Å²) in [5.41, 5.74) is 0.136. The maximum absolute atomic E-state index is 10.9. The summed E-state index contributed by atoms with van der Waals surface area (Å²) < 4.78 is 0. The van der Waals surface area contributed by atoms with Crippen LogP contribution in [0.2, 0.25) is 0 Å². The fraction of sp³-hybridized carbons (Fsp3) is 0.800. The molecular weight excluding hydrogens is 256 g/mol. The van der Waals surface area contributed by atoms with Crippen molar-refractivity contribution in [3.8, 4) is 0 Å². The van der Waals surface area contributed by atoms with Gasteiger partial charge in [0.1, 0.15) is 0 Å². The van der Waals surface area contributed by atoms with Crippen LogP contribution in [0.3, 0.4) is 0 Å². The number of aliphatic hydroxyl groups is 1. The van der Waals surface area contributed by atoms with Crippen molar-refractivity contribution < 1.29 is 5.11 Å². The van der Waals surface area contributed by atoms with Crippen molar-refractivity contribution in [1.82, 2.24) is 0 Å². The average molecular weight is 286 g/mol. The van der Waals surface area contributed by atoms with Crippen molar-refractivity contribution in [2.24, 2.45) is 34.5 Å². The largest absolute Gasteiger partial charge is 0.390 e. The first-order valence-electron chi connectivity index (χ1n) is 8.96. The highest BCUT2D eigenvalue weighted by Crippen LogP contribution is 2.66. The van der Waals surface area contributed by atoms with E-state index in [0.717, 1.165) is 12.3 Å². The van der Waals surface area contributed by atoms with E-state index in [9.17, 15) is 5.11 Å². The number of allylic oxidation sites excluding steroid dienone is 4. The summed E-state index contributed by atoms with van der Waals surface area (Å²) in [4.78, 5) is 0. The molecule has 4 aliphatic rings. The fourth-order valence-corrected chi connectivity index (χ4v) is 6.47. The topological polar surface area (TPSA) is 20.2 Å². The minimum Gasteiger partial charge on any atom is -0.390 e. The Morgan fingerprint density at radius 2 is 1.67 bits per heavy atom. The second-order valence-corrected chi connectivity index (χ2v) is 8.94. The standard InChI is InChI=1S/C20H30O/c1-18-11-5-4-6-14(18)7-8-15-16(18)9-12-19(2)17(15)10-13-20(19,3)21/h4,6-8,14-17,21H,5,9-13H2,1-3H3/t14?,15?,16?,17?,18-,19-,20-/m0/s1. The Morgan fingerprint density at radius 1 is 0.905 bits per heavy atom. The molecule has 0 amide bonds. The maximum Gasteiger partial charge on any atom is 0.0676 e. The molecule has 1 nitrogen and oxygen atoms in total. The van der Waals surface area contributed by atoms with Gasteiger partial charge in [-0.25, -0.2) is 0 Å². The van der Waals surface area contributed by atoms with E-state index in [1.165, 1.54) is 32.1 Å². The van der Waals surface area contributed by atoms with Gasteiger partial charge in [0.15, 0.2) is 0 Å². The van der Waals surface area contributed by atoms with Crippen LogP contribution in [0.15, 0.2) is 24.3 Å². The summed E-state index contributed by atoms with van der Waals surface area (Å²) in [6, 6.07) is 0. The Bertz CT molecular complexity index is 502. The maximum atomic E-state index is 10.9. The smallest absolute Gasteiger partial charge is 0.0676 e. The van der Waals surface area contributed by atoms with Crippen LogP contribution >= 0.6 is 0 Å². The van der Waals surface area contributed by atoms with Crippen molar-refractivity contribution in [1.29, 1.82) is 0 Å². The van der Waals surface area contributed by atoms with Gasteiger partial charge >= 0.3 is 0 Å². The Hall–Kier alpha value is -0.560. The monoisotopic (exact) mass is 286 g/mol. The Kier molecular flexibility index (Phi) is 2.85. The van der Waals surface area contributed by atoms with Gasteiger partial charge in [0.2, 0.25) is 0 Å². The normalized spacial score (nSPS) is 58.5. The highest BCUT2D eigenvalue weighted by molar-refractivity contribution is 5.23. The molecule has 0 radical (unpaired) electrons. The molecule has 116 valence electrons. The summed E-state index contributed by atoms with van der Waals surface area (Å²) in [7, 11) is 0. The van der Waals surface area contributed by atoms with Gasteiger partial charge in [0.25, 0.3) is 0 Å². The molecule has 4 unspecified atom stereocenters.